The molecule has 0 saturated carbocycles. The zero-order valence-electron chi connectivity index (χ0n) is 12.4. The van der Waals surface area contributed by atoms with Gasteiger partial charge < -0.3 is 14.5 Å². The summed E-state index contributed by atoms with van der Waals surface area (Å²) in [5.74, 6) is 0.397. The maximum atomic E-state index is 12.0. The SMILES string of the molecule is COC(=O)[C@@H](NC(=O)/C=C\c1ccc(C)o1)c1ccccc1. The molecule has 1 atom stereocenters. The molecule has 1 N–H and O–H groups in total. The summed E-state index contributed by atoms with van der Waals surface area (Å²) >= 11 is 0. The van der Waals surface area contributed by atoms with Gasteiger partial charge in [-0.3, -0.25) is 4.79 Å². The lowest BCUT2D eigenvalue weighted by atomic mass is 10.1. The number of esters is 1. The van der Waals surface area contributed by atoms with Crippen LogP contribution in [0.25, 0.3) is 6.08 Å². The lowest BCUT2D eigenvalue weighted by molar-refractivity contribution is -0.144. The first-order chi connectivity index (χ1) is 10.6. The third-order valence-electron chi connectivity index (χ3n) is 3.02. The Bertz CT molecular complexity index is 673. The van der Waals surface area contributed by atoms with Crippen molar-refractivity contribution in [3.05, 3.63) is 65.6 Å². The van der Waals surface area contributed by atoms with E-state index in [0.717, 1.165) is 5.76 Å². The average Bonchev–Trinajstić information content (AvgIpc) is 2.96. The van der Waals surface area contributed by atoms with Crippen LogP contribution in [-0.4, -0.2) is 19.0 Å². The van der Waals surface area contributed by atoms with Crippen LogP contribution in [0.4, 0.5) is 0 Å². The average molecular weight is 299 g/mol. The van der Waals surface area contributed by atoms with Crippen LogP contribution in [0.2, 0.25) is 0 Å². The zero-order chi connectivity index (χ0) is 15.9. The second-order valence-corrected chi connectivity index (χ2v) is 4.66. The van der Waals surface area contributed by atoms with Crippen molar-refractivity contribution in [3.63, 3.8) is 0 Å². The van der Waals surface area contributed by atoms with Gasteiger partial charge in [0.25, 0.3) is 0 Å². The van der Waals surface area contributed by atoms with Crippen LogP contribution in [0.5, 0.6) is 0 Å². The predicted octanol–water partition coefficient (Wildman–Crippen LogP) is 2.63. The lowest BCUT2D eigenvalue weighted by Gasteiger charge is -2.15. The van der Waals surface area contributed by atoms with E-state index in [1.54, 1.807) is 42.5 Å². The Morgan fingerprint density at radius 2 is 1.91 bits per heavy atom. The van der Waals surface area contributed by atoms with E-state index >= 15 is 0 Å². The van der Waals surface area contributed by atoms with Gasteiger partial charge in [0.1, 0.15) is 11.5 Å². The van der Waals surface area contributed by atoms with Gasteiger partial charge in [0.05, 0.1) is 7.11 Å². The summed E-state index contributed by atoms with van der Waals surface area (Å²) in [6, 6.07) is 11.6. The number of benzene rings is 1. The van der Waals surface area contributed by atoms with Gasteiger partial charge in [-0.15, -0.1) is 0 Å². The van der Waals surface area contributed by atoms with Crippen LogP contribution in [0, 0.1) is 6.92 Å². The summed E-state index contributed by atoms with van der Waals surface area (Å²) in [6.45, 7) is 1.82. The molecule has 0 aliphatic carbocycles. The Labute approximate surface area is 128 Å². The van der Waals surface area contributed by atoms with Gasteiger partial charge in [-0.2, -0.15) is 0 Å². The number of nitrogens with one attached hydrogen (secondary N) is 1. The first kappa shape index (κ1) is 15.6. The van der Waals surface area contributed by atoms with Crippen LogP contribution in [0.3, 0.4) is 0 Å². The minimum atomic E-state index is -0.846. The lowest BCUT2D eigenvalue weighted by Crippen LogP contribution is -2.33. The molecule has 0 saturated heterocycles. The smallest absolute Gasteiger partial charge is 0.333 e. The predicted molar refractivity (Wildman–Crippen MR) is 81.8 cm³/mol. The van der Waals surface area contributed by atoms with Crippen LogP contribution < -0.4 is 5.32 Å². The number of ether oxygens (including phenoxy) is 1. The highest BCUT2D eigenvalue weighted by molar-refractivity contribution is 5.94. The summed E-state index contributed by atoms with van der Waals surface area (Å²) in [4.78, 5) is 23.8. The molecule has 1 aromatic heterocycles. The number of hydrogen-bond donors (Lipinski definition) is 1. The molecule has 114 valence electrons. The molecule has 0 bridgehead atoms. The molecular formula is C17H17NO4. The number of carbonyl (C=O) groups is 2. The van der Waals surface area contributed by atoms with E-state index in [4.69, 9.17) is 9.15 Å². The van der Waals surface area contributed by atoms with E-state index in [2.05, 4.69) is 5.32 Å². The molecule has 2 aromatic rings. The maximum Gasteiger partial charge on any atom is 0.333 e. The summed E-state index contributed by atoms with van der Waals surface area (Å²) in [5, 5.41) is 2.62. The number of aryl methyl sites for hydroxylation is 1. The van der Waals surface area contributed by atoms with Crippen LogP contribution in [-0.2, 0) is 14.3 Å². The van der Waals surface area contributed by atoms with E-state index in [0.29, 0.717) is 11.3 Å². The molecule has 5 heteroatoms. The van der Waals surface area contributed by atoms with Gasteiger partial charge in [0.15, 0.2) is 6.04 Å². The van der Waals surface area contributed by atoms with E-state index in [-0.39, 0.29) is 0 Å². The Balaban J connectivity index is 2.08. The van der Waals surface area contributed by atoms with E-state index < -0.39 is 17.9 Å². The summed E-state index contributed by atoms with van der Waals surface area (Å²) < 4.78 is 10.1. The monoisotopic (exact) mass is 299 g/mol. The molecule has 0 aliphatic heterocycles. The topological polar surface area (TPSA) is 68.5 Å². The molecule has 0 radical (unpaired) electrons. The molecular weight excluding hydrogens is 282 g/mol. The molecule has 0 unspecified atom stereocenters. The molecule has 1 heterocycles. The second kappa shape index (κ2) is 7.26. The van der Waals surface area contributed by atoms with Crippen molar-refractivity contribution in [3.8, 4) is 0 Å². The second-order valence-electron chi connectivity index (χ2n) is 4.66. The number of carbonyl (C=O) groups excluding carboxylic acids is 2. The third kappa shape index (κ3) is 4.09. The molecule has 22 heavy (non-hydrogen) atoms. The molecule has 1 amide bonds. The fourth-order valence-electron chi connectivity index (χ4n) is 1.93. The van der Waals surface area contributed by atoms with E-state index in [9.17, 15) is 9.59 Å². The quantitative estimate of drug-likeness (QED) is 0.680. The van der Waals surface area contributed by atoms with Gasteiger partial charge >= 0.3 is 5.97 Å². The van der Waals surface area contributed by atoms with Crippen molar-refractivity contribution in [1.29, 1.82) is 0 Å². The first-order valence-corrected chi connectivity index (χ1v) is 6.78. The molecule has 0 aliphatic rings. The molecule has 1 aromatic carbocycles. The Hall–Kier alpha value is -2.82. The van der Waals surface area contributed by atoms with Crippen LogP contribution in [0.1, 0.15) is 23.1 Å². The van der Waals surface area contributed by atoms with Crippen molar-refractivity contribution < 1.29 is 18.7 Å². The van der Waals surface area contributed by atoms with Crippen molar-refractivity contribution in [2.45, 2.75) is 13.0 Å². The standard InChI is InChI=1S/C17H17NO4/c1-12-8-9-14(22-12)10-11-15(19)18-16(17(20)21-2)13-6-4-3-5-7-13/h3-11,16H,1-2H3,(H,18,19)/b11-10-/t16-/m0/s1. The van der Waals surface area contributed by atoms with E-state index in [1.807, 2.05) is 13.0 Å². The summed E-state index contributed by atoms with van der Waals surface area (Å²) in [7, 11) is 1.28. The fraction of sp³-hybridized carbons (Fsp3) is 0.176. The van der Waals surface area contributed by atoms with Crippen molar-refractivity contribution >= 4 is 18.0 Å². The number of rotatable bonds is 5. The first-order valence-electron chi connectivity index (χ1n) is 6.78. The Morgan fingerprint density at radius 1 is 1.18 bits per heavy atom. The third-order valence-corrected chi connectivity index (χ3v) is 3.02. The summed E-state index contributed by atoms with van der Waals surface area (Å²) in [6.07, 6.45) is 2.86. The van der Waals surface area contributed by atoms with Gasteiger partial charge in [0.2, 0.25) is 5.91 Å². The number of amides is 1. The molecule has 0 fully saturated rings. The molecule has 2 rings (SSSR count). The number of hydrogen-bond acceptors (Lipinski definition) is 4. The normalized spacial score (nSPS) is 12.1. The highest BCUT2D eigenvalue weighted by atomic mass is 16.5. The minimum Gasteiger partial charge on any atom is -0.467 e. The fourth-order valence-corrected chi connectivity index (χ4v) is 1.93. The van der Waals surface area contributed by atoms with E-state index in [1.165, 1.54) is 13.2 Å². The minimum absolute atomic E-state index is 0.409. The largest absolute Gasteiger partial charge is 0.467 e. The van der Waals surface area contributed by atoms with Gasteiger partial charge in [-0.25, -0.2) is 4.79 Å². The van der Waals surface area contributed by atoms with Crippen LogP contribution in [0.15, 0.2) is 53.0 Å². The highest BCUT2D eigenvalue weighted by Gasteiger charge is 2.22. The van der Waals surface area contributed by atoms with Crippen molar-refractivity contribution in [2.24, 2.45) is 0 Å². The number of furan rings is 1. The van der Waals surface area contributed by atoms with Crippen molar-refractivity contribution in [1.82, 2.24) is 5.32 Å². The van der Waals surface area contributed by atoms with Gasteiger partial charge in [0, 0.05) is 6.08 Å². The molecule has 5 nitrogen and oxygen atoms in total. The van der Waals surface area contributed by atoms with Crippen LogP contribution >= 0.6 is 0 Å². The zero-order valence-corrected chi connectivity index (χ0v) is 12.4. The molecule has 0 spiro atoms. The Morgan fingerprint density at radius 3 is 2.50 bits per heavy atom. The number of methoxy groups -OCH3 is 1. The highest BCUT2D eigenvalue weighted by Crippen LogP contribution is 2.14. The van der Waals surface area contributed by atoms with Crippen molar-refractivity contribution in [2.75, 3.05) is 7.11 Å². The maximum absolute atomic E-state index is 12.0. The van der Waals surface area contributed by atoms with Gasteiger partial charge in [-0.05, 0) is 30.7 Å². The summed E-state index contributed by atoms with van der Waals surface area (Å²) in [5.41, 5.74) is 0.657. The Kier molecular flexibility index (Phi) is 5.14. The van der Waals surface area contributed by atoms with Gasteiger partial charge in [-0.1, -0.05) is 30.3 Å².